The van der Waals surface area contributed by atoms with Gasteiger partial charge in [0, 0.05) is 18.2 Å². The minimum absolute atomic E-state index is 0.0116. The van der Waals surface area contributed by atoms with Crippen LogP contribution in [0, 0.1) is 19.7 Å². The maximum absolute atomic E-state index is 13.3. The van der Waals surface area contributed by atoms with E-state index in [9.17, 15) is 4.39 Å². The molecule has 0 aliphatic carbocycles. The van der Waals surface area contributed by atoms with Crippen molar-refractivity contribution in [3.05, 3.63) is 58.7 Å². The number of hydrogen-bond donors (Lipinski definition) is 1. The van der Waals surface area contributed by atoms with Gasteiger partial charge in [-0.3, -0.25) is 4.98 Å². The number of hydrogen-bond acceptors (Lipinski definition) is 3. The molecule has 2 rings (SSSR count). The molecule has 1 atom stereocenters. The van der Waals surface area contributed by atoms with Crippen molar-refractivity contribution in [1.29, 1.82) is 0 Å². The lowest BCUT2D eigenvalue weighted by atomic mass is 10.1. The Morgan fingerprint density at radius 2 is 2.00 bits per heavy atom. The molecule has 0 bridgehead atoms. The van der Waals surface area contributed by atoms with Crippen molar-refractivity contribution in [3.63, 3.8) is 0 Å². The first kappa shape index (κ1) is 15.4. The van der Waals surface area contributed by atoms with Crippen molar-refractivity contribution < 1.29 is 9.13 Å². The predicted molar refractivity (Wildman–Crippen MR) is 81.8 cm³/mol. The predicted octanol–water partition coefficient (Wildman–Crippen LogP) is 3.31. The Morgan fingerprint density at radius 1 is 1.24 bits per heavy atom. The lowest BCUT2D eigenvalue weighted by molar-refractivity contribution is 0.299. The average Bonchev–Trinajstić information content (AvgIpc) is 2.41. The number of pyridine rings is 1. The van der Waals surface area contributed by atoms with Gasteiger partial charge in [0.15, 0.2) is 0 Å². The van der Waals surface area contributed by atoms with Crippen molar-refractivity contribution in [1.82, 2.24) is 4.98 Å². The Labute approximate surface area is 125 Å². The summed E-state index contributed by atoms with van der Waals surface area (Å²) in [6.07, 6.45) is 0.652. The number of halogens is 1. The van der Waals surface area contributed by atoms with Crippen LogP contribution in [-0.4, -0.2) is 11.0 Å². The quantitative estimate of drug-likeness (QED) is 0.918. The molecule has 1 unspecified atom stereocenters. The third-order valence-electron chi connectivity index (χ3n) is 3.28. The summed E-state index contributed by atoms with van der Waals surface area (Å²) in [5, 5.41) is 0. The van der Waals surface area contributed by atoms with Gasteiger partial charge in [-0.2, -0.15) is 0 Å². The van der Waals surface area contributed by atoms with Gasteiger partial charge in [0.2, 0.25) is 0 Å². The van der Waals surface area contributed by atoms with Gasteiger partial charge in [-0.05, 0) is 56.2 Å². The van der Waals surface area contributed by atoms with Crippen LogP contribution in [0.5, 0.6) is 5.75 Å². The Hall–Kier alpha value is -1.94. The third kappa shape index (κ3) is 4.26. The zero-order valence-corrected chi connectivity index (χ0v) is 12.7. The summed E-state index contributed by atoms with van der Waals surface area (Å²) in [6.45, 7) is 6.13. The van der Waals surface area contributed by atoms with E-state index in [2.05, 4.69) is 4.98 Å². The molecule has 1 aromatic heterocycles. The fourth-order valence-corrected chi connectivity index (χ4v) is 2.13. The first-order chi connectivity index (χ1) is 9.95. The van der Waals surface area contributed by atoms with E-state index in [1.807, 2.05) is 32.9 Å². The lowest BCUT2D eigenvalue weighted by Crippen LogP contribution is -2.19. The second-order valence-electron chi connectivity index (χ2n) is 5.44. The highest BCUT2D eigenvalue weighted by atomic mass is 19.1. The fraction of sp³-hybridized carbons (Fsp3) is 0.353. The van der Waals surface area contributed by atoms with Crippen LogP contribution in [-0.2, 0) is 13.0 Å². The van der Waals surface area contributed by atoms with Crippen LogP contribution < -0.4 is 10.5 Å². The highest BCUT2D eigenvalue weighted by Crippen LogP contribution is 2.21. The van der Waals surface area contributed by atoms with Crippen LogP contribution in [0.15, 0.2) is 30.3 Å². The molecule has 112 valence electrons. The summed E-state index contributed by atoms with van der Waals surface area (Å²) in [4.78, 5) is 4.49. The molecule has 0 spiro atoms. The Balaban J connectivity index is 2.17. The maximum Gasteiger partial charge on any atom is 0.141 e. The molecule has 4 heteroatoms. The summed E-state index contributed by atoms with van der Waals surface area (Å²) in [6, 6.07) is 8.52. The van der Waals surface area contributed by atoms with E-state index in [0.717, 1.165) is 22.5 Å². The minimum Gasteiger partial charge on any atom is -0.487 e. The molecule has 0 saturated heterocycles. The van der Waals surface area contributed by atoms with Gasteiger partial charge in [-0.25, -0.2) is 4.39 Å². The average molecular weight is 288 g/mol. The van der Waals surface area contributed by atoms with Crippen LogP contribution in [0.1, 0.15) is 29.4 Å². The van der Waals surface area contributed by atoms with E-state index in [4.69, 9.17) is 10.5 Å². The normalized spacial score (nSPS) is 12.2. The molecule has 0 aliphatic heterocycles. The summed E-state index contributed by atoms with van der Waals surface area (Å²) >= 11 is 0. The first-order valence-electron chi connectivity index (χ1n) is 7.05. The van der Waals surface area contributed by atoms with Gasteiger partial charge < -0.3 is 10.5 Å². The van der Waals surface area contributed by atoms with E-state index < -0.39 is 0 Å². The van der Waals surface area contributed by atoms with Crippen LogP contribution >= 0.6 is 0 Å². The van der Waals surface area contributed by atoms with Crippen molar-refractivity contribution in [2.24, 2.45) is 5.73 Å². The number of benzene rings is 1. The minimum atomic E-state index is -0.253. The molecule has 2 aromatic rings. The van der Waals surface area contributed by atoms with E-state index in [1.54, 1.807) is 6.07 Å². The lowest BCUT2D eigenvalue weighted by Gasteiger charge is -2.14. The molecule has 0 aliphatic rings. The highest BCUT2D eigenvalue weighted by molar-refractivity contribution is 5.31. The molecule has 0 saturated carbocycles. The second kappa shape index (κ2) is 6.68. The number of ether oxygens (including phenoxy) is 1. The fourth-order valence-electron chi connectivity index (χ4n) is 2.13. The van der Waals surface area contributed by atoms with E-state index >= 15 is 0 Å². The van der Waals surface area contributed by atoms with Crippen molar-refractivity contribution >= 4 is 0 Å². The van der Waals surface area contributed by atoms with E-state index in [-0.39, 0.29) is 11.9 Å². The molecule has 1 heterocycles. The maximum atomic E-state index is 13.3. The zero-order valence-electron chi connectivity index (χ0n) is 12.7. The molecular formula is C17H21FN2O. The van der Waals surface area contributed by atoms with Crippen LogP contribution in [0.25, 0.3) is 0 Å². The number of aromatic nitrogens is 1. The zero-order chi connectivity index (χ0) is 15.4. The summed E-state index contributed by atoms with van der Waals surface area (Å²) in [5.41, 5.74) is 9.47. The molecule has 0 radical (unpaired) electrons. The molecule has 0 fully saturated rings. The number of nitrogens with two attached hydrogens (primary N) is 1. The molecule has 1 aromatic carbocycles. The number of aryl methyl sites for hydroxylation is 2. The molecule has 2 N–H and O–H groups in total. The molecule has 21 heavy (non-hydrogen) atoms. The van der Waals surface area contributed by atoms with Crippen molar-refractivity contribution in [2.75, 3.05) is 0 Å². The molecule has 3 nitrogen and oxygen atoms in total. The van der Waals surface area contributed by atoms with Crippen LogP contribution in [0.3, 0.4) is 0 Å². The monoisotopic (exact) mass is 288 g/mol. The first-order valence-corrected chi connectivity index (χ1v) is 7.05. The van der Waals surface area contributed by atoms with Crippen molar-refractivity contribution in [3.8, 4) is 5.75 Å². The standard InChI is InChI=1S/C17H21FN2O/c1-11-4-6-15(18)9-14(11)10-21-17-7-5-13(3)20-16(17)8-12(2)19/h4-7,9,12H,8,10,19H2,1-3H3. The highest BCUT2D eigenvalue weighted by Gasteiger charge is 2.10. The summed E-state index contributed by atoms with van der Waals surface area (Å²) in [5.74, 6) is 0.457. The number of rotatable bonds is 5. The summed E-state index contributed by atoms with van der Waals surface area (Å²) < 4.78 is 19.1. The van der Waals surface area contributed by atoms with Gasteiger partial charge in [0.1, 0.15) is 18.2 Å². The van der Waals surface area contributed by atoms with Crippen molar-refractivity contribution in [2.45, 2.75) is 39.8 Å². The Morgan fingerprint density at radius 3 is 2.71 bits per heavy atom. The molecular weight excluding hydrogens is 267 g/mol. The van der Waals surface area contributed by atoms with Gasteiger partial charge in [-0.15, -0.1) is 0 Å². The SMILES string of the molecule is Cc1ccc(OCc2cc(F)ccc2C)c(CC(C)N)n1. The molecule has 0 amide bonds. The van der Waals surface area contributed by atoms with Gasteiger partial charge in [0.05, 0.1) is 5.69 Å². The van der Waals surface area contributed by atoms with Gasteiger partial charge >= 0.3 is 0 Å². The Kier molecular flexibility index (Phi) is 4.91. The third-order valence-corrected chi connectivity index (χ3v) is 3.28. The van der Waals surface area contributed by atoms with Crippen LogP contribution in [0.4, 0.5) is 4.39 Å². The number of nitrogens with zero attached hydrogens (tertiary/aromatic N) is 1. The summed E-state index contributed by atoms with van der Waals surface area (Å²) in [7, 11) is 0. The van der Waals surface area contributed by atoms with E-state index in [0.29, 0.717) is 18.8 Å². The van der Waals surface area contributed by atoms with E-state index in [1.165, 1.54) is 12.1 Å². The topological polar surface area (TPSA) is 48.1 Å². The Bertz CT molecular complexity index is 626. The van der Waals surface area contributed by atoms with Gasteiger partial charge in [-0.1, -0.05) is 6.07 Å². The van der Waals surface area contributed by atoms with Gasteiger partial charge in [0.25, 0.3) is 0 Å². The largest absolute Gasteiger partial charge is 0.487 e. The van der Waals surface area contributed by atoms with Crippen LogP contribution in [0.2, 0.25) is 0 Å². The smallest absolute Gasteiger partial charge is 0.141 e. The second-order valence-corrected chi connectivity index (χ2v) is 5.44.